The van der Waals surface area contributed by atoms with E-state index in [1.54, 1.807) is 13.8 Å². The van der Waals surface area contributed by atoms with Crippen molar-refractivity contribution in [2.75, 3.05) is 5.32 Å². The first-order valence-corrected chi connectivity index (χ1v) is 10.2. The minimum absolute atomic E-state index is 0.0703. The summed E-state index contributed by atoms with van der Waals surface area (Å²) in [5.74, 6) is -1.34. The van der Waals surface area contributed by atoms with Crippen molar-refractivity contribution in [1.82, 2.24) is 0 Å². The number of benzene rings is 1. The second-order valence-electron chi connectivity index (χ2n) is 6.27. The van der Waals surface area contributed by atoms with Gasteiger partial charge in [-0.25, -0.2) is 4.39 Å². The molecule has 0 fully saturated rings. The van der Waals surface area contributed by atoms with Crippen molar-refractivity contribution < 1.29 is 18.7 Å². The predicted molar refractivity (Wildman–Crippen MR) is 105 cm³/mol. The number of thioether (sulfide) groups is 1. The first-order valence-electron chi connectivity index (χ1n) is 8.90. The van der Waals surface area contributed by atoms with Crippen LogP contribution in [-0.4, -0.2) is 23.2 Å². The van der Waals surface area contributed by atoms with Gasteiger partial charge in [-0.2, -0.15) is 0 Å². The molecule has 26 heavy (non-hydrogen) atoms. The molecule has 1 atom stereocenters. The number of nitrogens with one attached hydrogen (secondary N) is 1. The first-order chi connectivity index (χ1) is 12.2. The number of carbonyl (C=O) groups is 2. The number of anilines is 1. The van der Waals surface area contributed by atoms with Gasteiger partial charge >= 0.3 is 5.97 Å². The van der Waals surface area contributed by atoms with E-state index in [1.807, 2.05) is 20.8 Å². The minimum atomic E-state index is -0.600. The van der Waals surface area contributed by atoms with E-state index in [1.165, 1.54) is 17.8 Å². The fourth-order valence-corrected chi connectivity index (χ4v) is 3.64. The van der Waals surface area contributed by atoms with Crippen LogP contribution in [0.1, 0.15) is 53.9 Å². The standard InChI is InChI=1S/C19H27ClFNO3S/c1-6-12(7-2)18(23)22-15-10-17(13(20)9-14(15)21)26-16(8-3)19(24)25-11(4)5/h9-12,16H,6-8H2,1-5H3,(H,22,23). The molecule has 1 unspecified atom stereocenters. The molecule has 146 valence electrons. The number of amides is 1. The second-order valence-corrected chi connectivity index (χ2v) is 7.92. The van der Waals surface area contributed by atoms with Crippen LogP contribution in [0.25, 0.3) is 0 Å². The van der Waals surface area contributed by atoms with Crippen molar-refractivity contribution >= 4 is 40.9 Å². The molecular weight excluding hydrogens is 377 g/mol. The van der Waals surface area contributed by atoms with Crippen molar-refractivity contribution in [3.05, 3.63) is 23.0 Å². The molecule has 1 rings (SSSR count). The van der Waals surface area contributed by atoms with Crippen LogP contribution in [0.2, 0.25) is 5.02 Å². The summed E-state index contributed by atoms with van der Waals surface area (Å²) in [6.45, 7) is 9.27. The number of hydrogen-bond acceptors (Lipinski definition) is 4. The monoisotopic (exact) mass is 403 g/mol. The topological polar surface area (TPSA) is 55.4 Å². The van der Waals surface area contributed by atoms with Crippen LogP contribution in [0.15, 0.2) is 17.0 Å². The van der Waals surface area contributed by atoms with E-state index in [0.717, 1.165) is 6.07 Å². The zero-order valence-electron chi connectivity index (χ0n) is 15.9. The summed E-state index contributed by atoms with van der Waals surface area (Å²) in [5.41, 5.74) is 0.0703. The Hall–Kier alpha value is -1.27. The summed E-state index contributed by atoms with van der Waals surface area (Å²) in [6.07, 6.45) is 1.69. The van der Waals surface area contributed by atoms with Gasteiger partial charge in [-0.15, -0.1) is 11.8 Å². The normalized spacial score (nSPS) is 12.3. The Bertz CT molecular complexity index is 635. The van der Waals surface area contributed by atoms with Crippen molar-refractivity contribution in [3.63, 3.8) is 0 Å². The molecule has 0 aromatic heterocycles. The molecule has 0 heterocycles. The third-order valence-electron chi connectivity index (χ3n) is 3.89. The molecule has 1 aromatic carbocycles. The van der Waals surface area contributed by atoms with Crippen LogP contribution in [0.3, 0.4) is 0 Å². The van der Waals surface area contributed by atoms with E-state index in [-0.39, 0.29) is 34.6 Å². The van der Waals surface area contributed by atoms with Gasteiger partial charge in [0.25, 0.3) is 0 Å². The Morgan fingerprint density at radius 2 is 1.81 bits per heavy atom. The van der Waals surface area contributed by atoms with Gasteiger partial charge in [-0.05, 0) is 45.2 Å². The SMILES string of the molecule is CCC(CC)C(=O)Nc1cc(SC(CC)C(=O)OC(C)C)c(Cl)cc1F. The fourth-order valence-electron chi connectivity index (χ4n) is 2.37. The summed E-state index contributed by atoms with van der Waals surface area (Å²) < 4.78 is 19.5. The molecule has 0 saturated carbocycles. The third kappa shape index (κ3) is 6.47. The summed E-state index contributed by atoms with van der Waals surface area (Å²) in [4.78, 5) is 24.9. The molecule has 1 amide bonds. The molecule has 0 spiro atoms. The zero-order valence-corrected chi connectivity index (χ0v) is 17.5. The van der Waals surface area contributed by atoms with Gasteiger partial charge in [0.05, 0.1) is 16.8 Å². The summed E-state index contributed by atoms with van der Waals surface area (Å²) >= 11 is 7.35. The molecule has 4 nitrogen and oxygen atoms in total. The molecular formula is C19H27ClFNO3S. The Kier molecular flexibility index (Phi) is 9.44. The number of esters is 1. The van der Waals surface area contributed by atoms with E-state index in [2.05, 4.69) is 5.32 Å². The molecule has 7 heteroatoms. The predicted octanol–water partition coefficient (Wildman–Crippen LogP) is 5.68. The Labute approximate surface area is 164 Å². The molecule has 1 aromatic rings. The molecule has 0 aliphatic carbocycles. The van der Waals surface area contributed by atoms with Gasteiger partial charge in [-0.1, -0.05) is 32.4 Å². The highest BCUT2D eigenvalue weighted by atomic mass is 35.5. The van der Waals surface area contributed by atoms with Crippen molar-refractivity contribution in [2.45, 2.75) is 70.1 Å². The number of hydrogen-bond donors (Lipinski definition) is 1. The Morgan fingerprint density at radius 1 is 1.19 bits per heavy atom. The van der Waals surface area contributed by atoms with Crippen LogP contribution >= 0.6 is 23.4 Å². The lowest BCUT2D eigenvalue weighted by atomic mass is 10.0. The van der Waals surface area contributed by atoms with Gasteiger partial charge in [0.1, 0.15) is 11.1 Å². The number of rotatable bonds is 9. The summed E-state index contributed by atoms with van der Waals surface area (Å²) in [5, 5.41) is 2.37. The quantitative estimate of drug-likeness (QED) is 0.426. The van der Waals surface area contributed by atoms with E-state index in [9.17, 15) is 14.0 Å². The fraction of sp³-hybridized carbons (Fsp3) is 0.579. The second kappa shape index (κ2) is 10.8. The first kappa shape index (κ1) is 22.8. The van der Waals surface area contributed by atoms with Crippen molar-refractivity contribution in [3.8, 4) is 0 Å². The van der Waals surface area contributed by atoms with Gasteiger partial charge < -0.3 is 10.1 Å². The molecule has 0 aliphatic rings. The molecule has 0 radical (unpaired) electrons. The smallest absolute Gasteiger partial charge is 0.319 e. The zero-order chi connectivity index (χ0) is 19.9. The molecule has 1 N–H and O–H groups in total. The average molecular weight is 404 g/mol. The third-order valence-corrected chi connectivity index (χ3v) is 5.72. The van der Waals surface area contributed by atoms with Crippen molar-refractivity contribution in [2.24, 2.45) is 5.92 Å². The van der Waals surface area contributed by atoms with E-state index in [0.29, 0.717) is 24.2 Å². The van der Waals surface area contributed by atoms with Crippen LogP contribution in [-0.2, 0) is 14.3 Å². The van der Waals surface area contributed by atoms with Gasteiger partial charge in [0, 0.05) is 10.8 Å². The van der Waals surface area contributed by atoms with Crippen LogP contribution in [0.4, 0.5) is 10.1 Å². The highest BCUT2D eigenvalue weighted by Crippen LogP contribution is 2.36. The van der Waals surface area contributed by atoms with Crippen LogP contribution < -0.4 is 5.32 Å². The van der Waals surface area contributed by atoms with E-state index in [4.69, 9.17) is 16.3 Å². The van der Waals surface area contributed by atoms with E-state index < -0.39 is 11.1 Å². The Balaban J connectivity index is 3.02. The molecule has 0 saturated heterocycles. The number of ether oxygens (including phenoxy) is 1. The molecule has 0 aliphatic heterocycles. The Morgan fingerprint density at radius 3 is 2.31 bits per heavy atom. The number of carbonyl (C=O) groups excluding carboxylic acids is 2. The van der Waals surface area contributed by atoms with Gasteiger partial charge in [0.2, 0.25) is 5.91 Å². The highest BCUT2D eigenvalue weighted by molar-refractivity contribution is 8.00. The maximum Gasteiger partial charge on any atom is 0.319 e. The lowest BCUT2D eigenvalue weighted by molar-refractivity contribution is -0.146. The summed E-state index contributed by atoms with van der Waals surface area (Å²) in [7, 11) is 0. The van der Waals surface area contributed by atoms with E-state index >= 15 is 0 Å². The minimum Gasteiger partial charge on any atom is -0.462 e. The lowest BCUT2D eigenvalue weighted by Crippen LogP contribution is -2.23. The van der Waals surface area contributed by atoms with Crippen molar-refractivity contribution in [1.29, 1.82) is 0 Å². The van der Waals surface area contributed by atoms with Crippen LogP contribution in [0, 0.1) is 11.7 Å². The van der Waals surface area contributed by atoms with Crippen LogP contribution in [0.5, 0.6) is 0 Å². The lowest BCUT2D eigenvalue weighted by Gasteiger charge is -2.18. The maximum absolute atomic E-state index is 14.2. The van der Waals surface area contributed by atoms with Gasteiger partial charge in [0.15, 0.2) is 0 Å². The van der Waals surface area contributed by atoms with Gasteiger partial charge in [-0.3, -0.25) is 9.59 Å². The average Bonchev–Trinajstić information content (AvgIpc) is 2.56. The molecule has 0 bridgehead atoms. The number of halogens is 2. The largest absolute Gasteiger partial charge is 0.462 e. The maximum atomic E-state index is 14.2. The highest BCUT2D eigenvalue weighted by Gasteiger charge is 2.23. The summed E-state index contributed by atoms with van der Waals surface area (Å²) in [6, 6.07) is 2.64.